The second-order valence-corrected chi connectivity index (χ2v) is 7.59. The van der Waals surface area contributed by atoms with Crippen LogP contribution in [0.3, 0.4) is 0 Å². The van der Waals surface area contributed by atoms with Crippen LogP contribution in [-0.2, 0) is 14.3 Å². The van der Waals surface area contributed by atoms with Gasteiger partial charge in [-0.15, -0.1) is 0 Å². The molecule has 1 N–H and O–H groups in total. The monoisotopic (exact) mass is 444 g/mol. The van der Waals surface area contributed by atoms with E-state index in [0.717, 1.165) is 9.79 Å². The Morgan fingerprint density at radius 2 is 1.69 bits per heavy atom. The molecule has 0 bridgehead atoms. The molecule has 0 saturated carbocycles. The van der Waals surface area contributed by atoms with E-state index in [0.29, 0.717) is 17.0 Å². The first-order chi connectivity index (χ1) is 15.6. The molecule has 0 atom stereocenters. The Labute approximate surface area is 190 Å². The highest BCUT2D eigenvalue weighted by molar-refractivity contribution is 7.99. The van der Waals surface area contributed by atoms with Gasteiger partial charge in [-0.3, -0.25) is 4.79 Å². The summed E-state index contributed by atoms with van der Waals surface area (Å²) >= 11 is 1.51. The Morgan fingerprint density at radius 3 is 2.38 bits per heavy atom. The number of methoxy groups -OCH3 is 1. The lowest BCUT2D eigenvalue weighted by Crippen LogP contribution is -2.21. The summed E-state index contributed by atoms with van der Waals surface area (Å²) in [5.41, 5.74) is 1.04. The average molecular weight is 445 g/mol. The Hall–Kier alpha value is -4.02. The first-order valence-electron chi connectivity index (χ1n) is 9.64. The van der Waals surface area contributed by atoms with Gasteiger partial charge in [0.1, 0.15) is 17.4 Å². The Morgan fingerprint density at radius 1 is 1.00 bits per heavy atom. The van der Waals surface area contributed by atoms with Crippen LogP contribution >= 0.6 is 11.8 Å². The van der Waals surface area contributed by atoms with Crippen molar-refractivity contribution in [3.63, 3.8) is 0 Å². The Bertz CT molecular complexity index is 1150. The van der Waals surface area contributed by atoms with Gasteiger partial charge in [0.2, 0.25) is 0 Å². The van der Waals surface area contributed by atoms with E-state index in [9.17, 15) is 14.9 Å². The Kier molecular flexibility index (Phi) is 8.07. The number of ether oxygens (including phenoxy) is 2. The number of benzene rings is 3. The van der Waals surface area contributed by atoms with Crippen molar-refractivity contribution in [2.75, 3.05) is 19.0 Å². The number of nitriles is 1. The van der Waals surface area contributed by atoms with Crippen molar-refractivity contribution in [3.05, 3.63) is 90.0 Å². The molecule has 3 aromatic carbocycles. The summed E-state index contributed by atoms with van der Waals surface area (Å²) in [6, 6.07) is 25.8. The SMILES string of the molecule is COc1ccc(C=C(C#N)C(=O)OCC(=O)Nc2ccccc2Sc2ccccc2)cc1. The highest BCUT2D eigenvalue weighted by Gasteiger charge is 2.14. The van der Waals surface area contributed by atoms with Crippen molar-refractivity contribution in [1.29, 1.82) is 5.26 Å². The number of hydrogen-bond acceptors (Lipinski definition) is 6. The van der Waals surface area contributed by atoms with E-state index in [1.807, 2.05) is 54.6 Å². The molecule has 0 saturated heterocycles. The maximum atomic E-state index is 12.3. The van der Waals surface area contributed by atoms with Crippen molar-refractivity contribution in [3.8, 4) is 11.8 Å². The number of nitrogens with one attached hydrogen (secondary N) is 1. The molecule has 6 nitrogen and oxygen atoms in total. The fraction of sp³-hybridized carbons (Fsp3) is 0.0800. The summed E-state index contributed by atoms with van der Waals surface area (Å²) < 4.78 is 10.1. The molecule has 0 aliphatic heterocycles. The molecular formula is C25H20N2O4S. The molecule has 0 aliphatic rings. The molecule has 0 aliphatic carbocycles. The van der Waals surface area contributed by atoms with E-state index in [1.54, 1.807) is 37.4 Å². The number of anilines is 1. The number of hydrogen-bond donors (Lipinski definition) is 1. The van der Waals surface area contributed by atoms with Crippen molar-refractivity contribution < 1.29 is 19.1 Å². The molecule has 3 aromatic rings. The third-order valence-corrected chi connectivity index (χ3v) is 5.32. The van der Waals surface area contributed by atoms with Gasteiger partial charge in [0, 0.05) is 9.79 Å². The van der Waals surface area contributed by atoms with E-state index in [1.165, 1.54) is 17.8 Å². The van der Waals surface area contributed by atoms with Gasteiger partial charge in [0.05, 0.1) is 12.8 Å². The summed E-state index contributed by atoms with van der Waals surface area (Å²) in [6.45, 7) is -0.509. The smallest absolute Gasteiger partial charge is 0.349 e. The van der Waals surface area contributed by atoms with Gasteiger partial charge in [-0.05, 0) is 48.0 Å². The van der Waals surface area contributed by atoms with Gasteiger partial charge in [-0.25, -0.2) is 4.79 Å². The molecule has 0 heterocycles. The largest absolute Gasteiger partial charge is 0.497 e. The summed E-state index contributed by atoms with van der Waals surface area (Å²) in [5, 5.41) is 12.0. The van der Waals surface area contributed by atoms with Crippen LogP contribution in [0.15, 0.2) is 94.2 Å². The van der Waals surface area contributed by atoms with E-state index >= 15 is 0 Å². The van der Waals surface area contributed by atoms with Crippen molar-refractivity contribution in [2.45, 2.75) is 9.79 Å². The van der Waals surface area contributed by atoms with Crippen molar-refractivity contribution >= 4 is 35.4 Å². The van der Waals surface area contributed by atoms with Crippen molar-refractivity contribution in [2.24, 2.45) is 0 Å². The molecule has 7 heteroatoms. The van der Waals surface area contributed by atoms with Crippen LogP contribution < -0.4 is 10.1 Å². The molecule has 0 radical (unpaired) electrons. The van der Waals surface area contributed by atoms with Gasteiger partial charge >= 0.3 is 5.97 Å². The second-order valence-electron chi connectivity index (χ2n) is 6.48. The predicted molar refractivity (Wildman–Crippen MR) is 123 cm³/mol. The number of esters is 1. The minimum atomic E-state index is -0.870. The first kappa shape index (κ1) is 22.7. The molecule has 0 unspecified atom stereocenters. The number of carbonyl (C=O) groups is 2. The number of nitrogens with zero attached hydrogens (tertiary/aromatic N) is 1. The highest BCUT2D eigenvalue weighted by Crippen LogP contribution is 2.33. The highest BCUT2D eigenvalue weighted by atomic mass is 32.2. The first-order valence-corrected chi connectivity index (χ1v) is 10.5. The van der Waals surface area contributed by atoms with Gasteiger partial charge in [-0.2, -0.15) is 5.26 Å². The van der Waals surface area contributed by atoms with E-state index < -0.39 is 18.5 Å². The fourth-order valence-electron chi connectivity index (χ4n) is 2.67. The molecule has 1 amide bonds. The summed E-state index contributed by atoms with van der Waals surface area (Å²) in [4.78, 5) is 26.5. The van der Waals surface area contributed by atoms with Crippen LogP contribution in [0.4, 0.5) is 5.69 Å². The number of carbonyl (C=O) groups excluding carboxylic acids is 2. The quantitative estimate of drug-likeness (QED) is 0.301. The maximum Gasteiger partial charge on any atom is 0.349 e. The minimum absolute atomic E-state index is 0.206. The van der Waals surface area contributed by atoms with E-state index in [2.05, 4.69) is 5.32 Å². The molecule has 3 rings (SSSR count). The number of amides is 1. The summed E-state index contributed by atoms with van der Waals surface area (Å²) in [7, 11) is 1.55. The van der Waals surface area contributed by atoms with Crippen LogP contribution in [0.5, 0.6) is 5.75 Å². The van der Waals surface area contributed by atoms with Gasteiger partial charge < -0.3 is 14.8 Å². The lowest BCUT2D eigenvalue weighted by Gasteiger charge is -2.11. The lowest BCUT2D eigenvalue weighted by molar-refractivity contribution is -0.142. The average Bonchev–Trinajstić information content (AvgIpc) is 2.83. The fourth-order valence-corrected chi connectivity index (χ4v) is 3.60. The normalized spacial score (nSPS) is 10.7. The molecule has 0 spiro atoms. The zero-order chi connectivity index (χ0) is 22.8. The van der Waals surface area contributed by atoms with Crippen LogP contribution in [0.25, 0.3) is 6.08 Å². The molecule has 0 aromatic heterocycles. The molecule has 160 valence electrons. The van der Waals surface area contributed by atoms with Crippen molar-refractivity contribution in [1.82, 2.24) is 0 Å². The van der Waals surface area contributed by atoms with Gasteiger partial charge in [0.15, 0.2) is 6.61 Å². The number of para-hydroxylation sites is 1. The van der Waals surface area contributed by atoms with Crippen LogP contribution in [-0.4, -0.2) is 25.6 Å². The lowest BCUT2D eigenvalue weighted by atomic mass is 10.1. The van der Waals surface area contributed by atoms with Crippen LogP contribution in [0.1, 0.15) is 5.56 Å². The zero-order valence-corrected chi connectivity index (χ0v) is 18.1. The van der Waals surface area contributed by atoms with E-state index in [4.69, 9.17) is 9.47 Å². The summed E-state index contributed by atoms with van der Waals surface area (Å²) in [5.74, 6) is -0.711. The van der Waals surface area contributed by atoms with Crippen LogP contribution in [0, 0.1) is 11.3 Å². The maximum absolute atomic E-state index is 12.3. The predicted octanol–water partition coefficient (Wildman–Crippen LogP) is 4.94. The third-order valence-electron chi connectivity index (χ3n) is 4.23. The molecule has 32 heavy (non-hydrogen) atoms. The standard InChI is InChI=1S/C25H20N2O4S/c1-30-20-13-11-18(12-14-20)15-19(16-26)25(29)31-17-24(28)27-22-9-5-6-10-23(22)32-21-7-3-2-4-8-21/h2-15H,17H2,1H3,(H,27,28). The number of rotatable bonds is 8. The molecule has 0 fully saturated rings. The topological polar surface area (TPSA) is 88.4 Å². The summed E-state index contributed by atoms with van der Waals surface area (Å²) in [6.07, 6.45) is 1.39. The van der Waals surface area contributed by atoms with Crippen LogP contribution in [0.2, 0.25) is 0 Å². The Balaban J connectivity index is 1.60. The third kappa shape index (κ3) is 6.49. The van der Waals surface area contributed by atoms with Gasteiger partial charge in [-0.1, -0.05) is 54.2 Å². The molecular weight excluding hydrogens is 424 g/mol. The zero-order valence-electron chi connectivity index (χ0n) is 17.3. The van der Waals surface area contributed by atoms with E-state index in [-0.39, 0.29) is 5.57 Å². The second kappa shape index (κ2) is 11.4. The minimum Gasteiger partial charge on any atom is -0.497 e. The van der Waals surface area contributed by atoms with Gasteiger partial charge in [0.25, 0.3) is 5.91 Å².